The van der Waals surface area contributed by atoms with Gasteiger partial charge in [0.25, 0.3) is 0 Å². The Balaban J connectivity index is 2.36. The molecule has 0 aliphatic rings. The maximum atomic E-state index is 13.6. The van der Waals surface area contributed by atoms with Crippen LogP contribution in [0, 0.1) is 12.7 Å². The number of nitrogens with two attached hydrogens (primary N) is 1. The smallest absolute Gasteiger partial charge is 0.165 e. The molecule has 0 heterocycles. The quantitative estimate of drug-likeness (QED) is 0.924. The molecule has 0 unspecified atom stereocenters. The van der Waals surface area contributed by atoms with Crippen LogP contribution in [-0.2, 0) is 6.54 Å². The second kappa shape index (κ2) is 5.50. The van der Waals surface area contributed by atoms with Gasteiger partial charge in [-0.05, 0) is 42.3 Å². The van der Waals surface area contributed by atoms with Crippen LogP contribution in [0.5, 0.6) is 11.5 Å². The summed E-state index contributed by atoms with van der Waals surface area (Å²) in [4.78, 5) is 0. The lowest BCUT2D eigenvalue weighted by atomic mass is 10.1. The van der Waals surface area contributed by atoms with E-state index in [1.165, 1.54) is 6.07 Å². The molecule has 0 aliphatic carbocycles. The van der Waals surface area contributed by atoms with Crippen molar-refractivity contribution in [2.24, 2.45) is 5.73 Å². The van der Waals surface area contributed by atoms with Crippen molar-refractivity contribution in [1.82, 2.24) is 0 Å². The molecule has 0 spiro atoms. The molecule has 0 aromatic heterocycles. The van der Waals surface area contributed by atoms with Gasteiger partial charge in [0.2, 0.25) is 0 Å². The highest BCUT2D eigenvalue weighted by atomic mass is 79.9. The van der Waals surface area contributed by atoms with Crippen molar-refractivity contribution in [1.29, 1.82) is 0 Å². The first-order valence-corrected chi connectivity index (χ1v) is 6.32. The average molecular weight is 310 g/mol. The molecule has 0 atom stereocenters. The van der Waals surface area contributed by atoms with Crippen molar-refractivity contribution in [3.63, 3.8) is 0 Å². The maximum absolute atomic E-state index is 13.6. The van der Waals surface area contributed by atoms with Crippen LogP contribution in [0.3, 0.4) is 0 Å². The van der Waals surface area contributed by atoms with Gasteiger partial charge in [-0.25, -0.2) is 4.39 Å². The Morgan fingerprint density at radius 2 is 1.94 bits per heavy atom. The number of benzene rings is 2. The van der Waals surface area contributed by atoms with Gasteiger partial charge in [0.05, 0.1) is 0 Å². The fourth-order valence-corrected chi connectivity index (χ4v) is 1.90. The number of hydrogen-bond donors (Lipinski definition) is 1. The molecule has 2 N–H and O–H groups in total. The van der Waals surface area contributed by atoms with Gasteiger partial charge in [-0.2, -0.15) is 0 Å². The fourth-order valence-electron chi connectivity index (χ4n) is 1.56. The number of rotatable bonds is 3. The van der Waals surface area contributed by atoms with Crippen molar-refractivity contribution in [2.45, 2.75) is 13.5 Å². The van der Waals surface area contributed by atoms with Crippen LogP contribution in [0.2, 0.25) is 0 Å². The van der Waals surface area contributed by atoms with Gasteiger partial charge in [0, 0.05) is 11.0 Å². The second-order valence-electron chi connectivity index (χ2n) is 3.98. The van der Waals surface area contributed by atoms with Crippen LogP contribution in [0.15, 0.2) is 40.9 Å². The minimum Gasteiger partial charge on any atom is -0.454 e. The largest absolute Gasteiger partial charge is 0.454 e. The van der Waals surface area contributed by atoms with E-state index in [0.717, 1.165) is 15.6 Å². The molecule has 0 bridgehead atoms. The van der Waals surface area contributed by atoms with Gasteiger partial charge in [-0.1, -0.05) is 28.1 Å². The SMILES string of the molecule is Cc1ccc(CN)cc1Oc1cc(Br)ccc1F. The summed E-state index contributed by atoms with van der Waals surface area (Å²) < 4.78 is 20.0. The molecule has 94 valence electrons. The lowest BCUT2D eigenvalue weighted by Crippen LogP contribution is -1.98. The number of aryl methyl sites for hydroxylation is 1. The molecule has 4 heteroatoms. The average Bonchev–Trinajstić information content (AvgIpc) is 2.36. The summed E-state index contributed by atoms with van der Waals surface area (Å²) in [7, 11) is 0. The molecule has 2 rings (SSSR count). The Morgan fingerprint density at radius 1 is 1.17 bits per heavy atom. The molecule has 2 aromatic carbocycles. The zero-order chi connectivity index (χ0) is 13.1. The first kappa shape index (κ1) is 13.1. The zero-order valence-corrected chi connectivity index (χ0v) is 11.5. The minimum atomic E-state index is -0.393. The molecule has 2 nitrogen and oxygen atoms in total. The van der Waals surface area contributed by atoms with Gasteiger partial charge >= 0.3 is 0 Å². The summed E-state index contributed by atoms with van der Waals surface area (Å²) in [6.07, 6.45) is 0. The molecule has 0 aliphatic heterocycles. The Hall–Kier alpha value is -1.39. The number of ether oxygens (including phenoxy) is 1. The molecule has 18 heavy (non-hydrogen) atoms. The molecule has 0 amide bonds. The number of hydrogen-bond acceptors (Lipinski definition) is 2. The molecular weight excluding hydrogens is 297 g/mol. The third-order valence-corrected chi connectivity index (χ3v) is 3.09. The van der Waals surface area contributed by atoms with Gasteiger partial charge < -0.3 is 10.5 Å². The molecule has 0 saturated carbocycles. The van der Waals surface area contributed by atoms with E-state index in [9.17, 15) is 4.39 Å². The predicted molar refractivity (Wildman–Crippen MR) is 73.2 cm³/mol. The van der Waals surface area contributed by atoms with E-state index in [0.29, 0.717) is 12.3 Å². The monoisotopic (exact) mass is 309 g/mol. The minimum absolute atomic E-state index is 0.196. The van der Waals surface area contributed by atoms with Gasteiger partial charge in [0.15, 0.2) is 11.6 Å². The van der Waals surface area contributed by atoms with E-state index in [1.54, 1.807) is 12.1 Å². The van der Waals surface area contributed by atoms with Crippen LogP contribution in [-0.4, -0.2) is 0 Å². The number of halogens is 2. The molecule has 2 aromatic rings. The molecule has 0 saturated heterocycles. The van der Waals surface area contributed by atoms with Crippen molar-refractivity contribution in [2.75, 3.05) is 0 Å². The maximum Gasteiger partial charge on any atom is 0.165 e. The second-order valence-corrected chi connectivity index (χ2v) is 4.90. The highest BCUT2D eigenvalue weighted by Gasteiger charge is 2.08. The summed E-state index contributed by atoms with van der Waals surface area (Å²) in [6, 6.07) is 10.3. The summed E-state index contributed by atoms with van der Waals surface area (Å²) >= 11 is 3.29. The first-order valence-electron chi connectivity index (χ1n) is 5.52. The third-order valence-electron chi connectivity index (χ3n) is 2.60. The fraction of sp³-hybridized carbons (Fsp3) is 0.143. The van der Waals surface area contributed by atoms with Gasteiger partial charge in [-0.15, -0.1) is 0 Å². The zero-order valence-electron chi connectivity index (χ0n) is 9.91. The third kappa shape index (κ3) is 2.89. The normalized spacial score (nSPS) is 10.4. The van der Waals surface area contributed by atoms with E-state index < -0.39 is 5.82 Å². The Bertz CT molecular complexity index is 572. The standard InChI is InChI=1S/C14H13BrFNO/c1-9-2-3-10(8-17)6-13(9)18-14-7-11(15)4-5-12(14)16/h2-7H,8,17H2,1H3. The first-order chi connectivity index (χ1) is 8.60. The van der Waals surface area contributed by atoms with Crippen LogP contribution < -0.4 is 10.5 Å². The van der Waals surface area contributed by atoms with E-state index >= 15 is 0 Å². The van der Waals surface area contributed by atoms with E-state index in [-0.39, 0.29) is 5.75 Å². The van der Waals surface area contributed by atoms with Gasteiger partial charge in [-0.3, -0.25) is 0 Å². The van der Waals surface area contributed by atoms with Crippen LogP contribution in [0.25, 0.3) is 0 Å². The van der Waals surface area contributed by atoms with E-state index in [4.69, 9.17) is 10.5 Å². The van der Waals surface area contributed by atoms with Crippen molar-refractivity contribution < 1.29 is 9.13 Å². The van der Waals surface area contributed by atoms with Crippen LogP contribution in [0.1, 0.15) is 11.1 Å². The van der Waals surface area contributed by atoms with E-state index in [2.05, 4.69) is 15.9 Å². The van der Waals surface area contributed by atoms with Crippen LogP contribution >= 0.6 is 15.9 Å². The Morgan fingerprint density at radius 3 is 2.67 bits per heavy atom. The highest BCUT2D eigenvalue weighted by Crippen LogP contribution is 2.30. The van der Waals surface area contributed by atoms with Gasteiger partial charge in [0.1, 0.15) is 5.75 Å². The molecular formula is C14H13BrFNO. The predicted octanol–water partition coefficient (Wildman–Crippen LogP) is 4.15. The van der Waals surface area contributed by atoms with E-state index in [1.807, 2.05) is 25.1 Å². The van der Waals surface area contributed by atoms with Crippen molar-refractivity contribution in [3.05, 3.63) is 57.8 Å². The topological polar surface area (TPSA) is 35.2 Å². The van der Waals surface area contributed by atoms with Crippen molar-refractivity contribution >= 4 is 15.9 Å². The summed E-state index contributed by atoms with van der Waals surface area (Å²) in [6.45, 7) is 2.34. The summed E-state index contributed by atoms with van der Waals surface area (Å²) in [5.74, 6) is 0.423. The summed E-state index contributed by atoms with van der Waals surface area (Å²) in [5, 5.41) is 0. The highest BCUT2D eigenvalue weighted by molar-refractivity contribution is 9.10. The molecule has 0 fully saturated rings. The van der Waals surface area contributed by atoms with Crippen LogP contribution in [0.4, 0.5) is 4.39 Å². The lowest BCUT2D eigenvalue weighted by molar-refractivity contribution is 0.438. The summed E-state index contributed by atoms with van der Waals surface area (Å²) in [5.41, 5.74) is 7.47. The van der Waals surface area contributed by atoms with Crippen molar-refractivity contribution in [3.8, 4) is 11.5 Å². The Labute approximate surface area is 114 Å². The Kier molecular flexibility index (Phi) is 3.99. The lowest BCUT2D eigenvalue weighted by Gasteiger charge is -2.11. The molecule has 0 radical (unpaired) electrons.